The molecule has 0 aromatic rings. The highest BCUT2D eigenvalue weighted by Crippen LogP contribution is 2.21. The van der Waals surface area contributed by atoms with Crippen LogP contribution in [0.4, 0.5) is 0 Å². The molecule has 0 heteroatoms. The van der Waals surface area contributed by atoms with E-state index in [4.69, 9.17) is 0 Å². The molecule has 1 aliphatic carbocycles. The Hall–Kier alpha value is -0.520. The highest BCUT2D eigenvalue weighted by Gasteiger charge is 2.01. The van der Waals surface area contributed by atoms with Gasteiger partial charge in [0.1, 0.15) is 0 Å². The Balaban J connectivity index is 0.000000791. The second-order valence-corrected chi connectivity index (χ2v) is 3.93. The predicted molar refractivity (Wildman–Crippen MR) is 66.6 cm³/mol. The summed E-state index contributed by atoms with van der Waals surface area (Å²) in [4.78, 5) is 0. The SMILES string of the molecule is CC.CC(C)=CCCC1=CCCCC1. The minimum absolute atomic E-state index is 1.24. The summed E-state index contributed by atoms with van der Waals surface area (Å²) in [6.45, 7) is 8.35. The van der Waals surface area contributed by atoms with Crippen molar-refractivity contribution in [2.24, 2.45) is 0 Å². The molecule has 0 N–H and O–H groups in total. The van der Waals surface area contributed by atoms with E-state index in [1.54, 1.807) is 5.57 Å². The fourth-order valence-corrected chi connectivity index (χ4v) is 1.68. The molecule has 0 saturated carbocycles. The molecule has 0 nitrogen and oxygen atoms in total. The molecule has 1 aliphatic rings. The molecule has 1 rings (SSSR count). The third kappa shape index (κ3) is 6.94. The first kappa shape index (κ1) is 13.5. The lowest BCUT2D eigenvalue weighted by atomic mass is 9.96. The van der Waals surface area contributed by atoms with Gasteiger partial charge in [0.05, 0.1) is 0 Å². The average Bonchev–Trinajstić information content (AvgIpc) is 2.22. The standard InChI is InChI=1S/C12H20.C2H6/c1-11(2)7-6-10-12-8-4-3-5-9-12;1-2/h7-8H,3-6,9-10H2,1-2H3;1-2H3. The first-order valence-electron chi connectivity index (χ1n) is 6.10. The van der Waals surface area contributed by atoms with Crippen molar-refractivity contribution in [2.45, 2.75) is 66.2 Å². The number of rotatable bonds is 3. The van der Waals surface area contributed by atoms with Crippen LogP contribution in [0.25, 0.3) is 0 Å². The van der Waals surface area contributed by atoms with Gasteiger partial charge in [-0.2, -0.15) is 0 Å². The molecular weight excluding hydrogens is 168 g/mol. The summed E-state index contributed by atoms with van der Waals surface area (Å²) < 4.78 is 0. The maximum absolute atomic E-state index is 2.45. The third-order valence-electron chi connectivity index (χ3n) is 2.40. The van der Waals surface area contributed by atoms with Crippen LogP contribution in [0.1, 0.15) is 66.2 Å². The number of allylic oxidation sites excluding steroid dienone is 4. The lowest BCUT2D eigenvalue weighted by molar-refractivity contribution is 0.676. The minimum Gasteiger partial charge on any atom is -0.0856 e. The molecule has 0 aliphatic heterocycles. The van der Waals surface area contributed by atoms with E-state index in [9.17, 15) is 0 Å². The molecule has 0 aromatic carbocycles. The maximum Gasteiger partial charge on any atom is -0.0285 e. The molecule has 0 aromatic heterocycles. The number of hydrogen-bond donors (Lipinski definition) is 0. The minimum atomic E-state index is 1.24. The van der Waals surface area contributed by atoms with Crippen molar-refractivity contribution in [1.29, 1.82) is 0 Å². The van der Waals surface area contributed by atoms with Crippen molar-refractivity contribution in [3.05, 3.63) is 23.3 Å². The van der Waals surface area contributed by atoms with E-state index in [0.717, 1.165) is 0 Å². The molecule has 0 saturated heterocycles. The second kappa shape index (κ2) is 9.05. The zero-order valence-electron chi connectivity index (χ0n) is 10.4. The highest BCUT2D eigenvalue weighted by molar-refractivity contribution is 5.07. The normalized spacial score (nSPS) is 15.0. The molecule has 0 amide bonds. The zero-order valence-corrected chi connectivity index (χ0v) is 10.4. The third-order valence-corrected chi connectivity index (χ3v) is 2.40. The molecule has 0 spiro atoms. The van der Waals surface area contributed by atoms with Crippen molar-refractivity contribution in [3.8, 4) is 0 Å². The molecule has 0 unspecified atom stereocenters. The first-order chi connectivity index (χ1) is 6.79. The van der Waals surface area contributed by atoms with Crippen LogP contribution in [-0.2, 0) is 0 Å². The number of hydrogen-bond acceptors (Lipinski definition) is 0. The van der Waals surface area contributed by atoms with Crippen LogP contribution >= 0.6 is 0 Å². The van der Waals surface area contributed by atoms with Gasteiger partial charge in [-0.1, -0.05) is 37.1 Å². The van der Waals surface area contributed by atoms with Crippen molar-refractivity contribution in [2.75, 3.05) is 0 Å². The van der Waals surface area contributed by atoms with Crippen LogP contribution in [0.15, 0.2) is 23.3 Å². The molecular formula is C14H26. The van der Waals surface area contributed by atoms with E-state index in [0.29, 0.717) is 0 Å². The van der Waals surface area contributed by atoms with Crippen LogP contribution in [-0.4, -0.2) is 0 Å². The van der Waals surface area contributed by atoms with Gasteiger partial charge in [-0.05, 0) is 52.4 Å². The Bertz CT molecular complexity index is 180. The Morgan fingerprint density at radius 1 is 1.29 bits per heavy atom. The summed E-state index contributed by atoms with van der Waals surface area (Å²) in [5.41, 5.74) is 3.14. The van der Waals surface area contributed by atoms with Crippen molar-refractivity contribution >= 4 is 0 Å². The summed E-state index contributed by atoms with van der Waals surface area (Å²) in [5.74, 6) is 0. The molecule has 0 fully saturated rings. The van der Waals surface area contributed by atoms with E-state index in [2.05, 4.69) is 26.0 Å². The Morgan fingerprint density at radius 3 is 2.50 bits per heavy atom. The van der Waals surface area contributed by atoms with Gasteiger partial charge < -0.3 is 0 Å². The van der Waals surface area contributed by atoms with Crippen LogP contribution in [0.3, 0.4) is 0 Å². The summed E-state index contributed by atoms with van der Waals surface area (Å²) in [6.07, 6.45) is 12.8. The van der Waals surface area contributed by atoms with Crippen LogP contribution in [0, 0.1) is 0 Å². The van der Waals surface area contributed by atoms with Crippen LogP contribution in [0.2, 0.25) is 0 Å². The van der Waals surface area contributed by atoms with Gasteiger partial charge in [0.15, 0.2) is 0 Å². The van der Waals surface area contributed by atoms with Crippen molar-refractivity contribution in [3.63, 3.8) is 0 Å². The van der Waals surface area contributed by atoms with Crippen LogP contribution in [0.5, 0.6) is 0 Å². The van der Waals surface area contributed by atoms with Gasteiger partial charge >= 0.3 is 0 Å². The lowest BCUT2D eigenvalue weighted by Crippen LogP contribution is -1.91. The Kier molecular flexibility index (Phi) is 8.72. The van der Waals surface area contributed by atoms with Gasteiger partial charge in [-0.25, -0.2) is 0 Å². The van der Waals surface area contributed by atoms with Gasteiger partial charge in [-0.3, -0.25) is 0 Å². The second-order valence-electron chi connectivity index (χ2n) is 3.93. The fourth-order valence-electron chi connectivity index (χ4n) is 1.68. The summed E-state index contributed by atoms with van der Waals surface area (Å²) in [5, 5.41) is 0. The first-order valence-corrected chi connectivity index (χ1v) is 6.10. The molecule has 82 valence electrons. The molecule has 14 heavy (non-hydrogen) atoms. The topological polar surface area (TPSA) is 0 Å². The zero-order chi connectivity index (χ0) is 10.8. The smallest absolute Gasteiger partial charge is 0.0285 e. The largest absolute Gasteiger partial charge is 0.0856 e. The Morgan fingerprint density at radius 2 is 2.00 bits per heavy atom. The quantitative estimate of drug-likeness (QED) is 0.538. The molecule has 0 radical (unpaired) electrons. The highest BCUT2D eigenvalue weighted by atomic mass is 14.1. The average molecular weight is 194 g/mol. The lowest BCUT2D eigenvalue weighted by Gasteiger charge is -2.11. The molecule has 0 atom stereocenters. The van der Waals surface area contributed by atoms with E-state index in [1.165, 1.54) is 44.1 Å². The van der Waals surface area contributed by atoms with E-state index in [1.807, 2.05) is 13.8 Å². The Labute approximate surface area is 90.1 Å². The van der Waals surface area contributed by atoms with Gasteiger partial charge in [0.2, 0.25) is 0 Å². The van der Waals surface area contributed by atoms with Gasteiger partial charge in [0.25, 0.3) is 0 Å². The monoisotopic (exact) mass is 194 g/mol. The summed E-state index contributed by atoms with van der Waals surface area (Å²) in [6, 6.07) is 0. The van der Waals surface area contributed by atoms with E-state index in [-0.39, 0.29) is 0 Å². The van der Waals surface area contributed by atoms with Crippen LogP contribution < -0.4 is 0 Å². The van der Waals surface area contributed by atoms with Gasteiger partial charge in [-0.15, -0.1) is 0 Å². The van der Waals surface area contributed by atoms with Gasteiger partial charge in [0, 0.05) is 0 Å². The van der Waals surface area contributed by atoms with Crippen molar-refractivity contribution in [1.82, 2.24) is 0 Å². The fraction of sp³-hybridized carbons (Fsp3) is 0.714. The summed E-state index contributed by atoms with van der Waals surface area (Å²) >= 11 is 0. The molecule has 0 heterocycles. The van der Waals surface area contributed by atoms with Crippen molar-refractivity contribution < 1.29 is 0 Å². The van der Waals surface area contributed by atoms with E-state index >= 15 is 0 Å². The molecule has 0 bridgehead atoms. The summed E-state index contributed by atoms with van der Waals surface area (Å²) in [7, 11) is 0. The van der Waals surface area contributed by atoms with E-state index < -0.39 is 0 Å². The predicted octanol–water partition coefficient (Wildman–Crippen LogP) is 5.26. The maximum atomic E-state index is 2.45.